The number of anilines is 1. The van der Waals surface area contributed by atoms with E-state index in [2.05, 4.69) is 9.71 Å². The summed E-state index contributed by atoms with van der Waals surface area (Å²) in [4.78, 5) is 5.89. The van der Waals surface area contributed by atoms with Gasteiger partial charge in [0.1, 0.15) is 0 Å². The molecule has 3 rings (SSSR count). The van der Waals surface area contributed by atoms with Gasteiger partial charge in [0.25, 0.3) is 10.0 Å². The van der Waals surface area contributed by atoms with Crippen LogP contribution in [0.15, 0.2) is 17.0 Å². The molecule has 7 heteroatoms. The van der Waals surface area contributed by atoms with Gasteiger partial charge < -0.3 is 0 Å². The van der Waals surface area contributed by atoms with Crippen LogP contribution < -0.4 is 4.72 Å². The fourth-order valence-corrected chi connectivity index (χ4v) is 5.42. The number of halogens is 1. The van der Waals surface area contributed by atoms with Crippen molar-refractivity contribution >= 4 is 38.1 Å². The monoisotopic (exact) mass is 356 g/mol. The van der Waals surface area contributed by atoms with Gasteiger partial charge >= 0.3 is 0 Å². The first kappa shape index (κ1) is 15.8. The van der Waals surface area contributed by atoms with E-state index in [1.807, 2.05) is 0 Å². The van der Waals surface area contributed by atoms with Crippen molar-refractivity contribution in [1.82, 2.24) is 4.98 Å². The quantitative estimate of drug-likeness (QED) is 0.900. The fourth-order valence-electron chi connectivity index (χ4n) is 2.61. The normalized spacial score (nSPS) is 14.7. The molecular weight excluding hydrogens is 340 g/mol. The molecular formula is C15H17ClN2O2S2. The van der Waals surface area contributed by atoms with Crippen molar-refractivity contribution in [3.8, 4) is 0 Å². The molecule has 1 N–H and O–H groups in total. The Morgan fingerprint density at radius 2 is 1.91 bits per heavy atom. The average molecular weight is 357 g/mol. The zero-order chi connectivity index (χ0) is 15.9. The standard InChI is InChI=1S/C15H17ClN2O2S2/c1-9-8-14(10(2)7-11(9)16)22(19,20)18-15-17-12-5-3-4-6-13(12)21-15/h7-8H,3-6H2,1-2H3,(H,17,18). The number of fused-ring (bicyclic) bond motifs is 1. The van der Waals surface area contributed by atoms with E-state index in [-0.39, 0.29) is 4.90 Å². The summed E-state index contributed by atoms with van der Waals surface area (Å²) >= 11 is 7.48. The Morgan fingerprint density at radius 1 is 1.18 bits per heavy atom. The van der Waals surface area contributed by atoms with Crippen molar-refractivity contribution in [3.63, 3.8) is 0 Å². The number of nitrogens with one attached hydrogen (secondary N) is 1. The summed E-state index contributed by atoms with van der Waals surface area (Å²) in [5.74, 6) is 0. The van der Waals surface area contributed by atoms with Crippen LogP contribution in [0.3, 0.4) is 0 Å². The summed E-state index contributed by atoms with van der Waals surface area (Å²) in [6.07, 6.45) is 4.20. The van der Waals surface area contributed by atoms with Gasteiger partial charge in [-0.05, 0) is 62.8 Å². The van der Waals surface area contributed by atoms with E-state index in [9.17, 15) is 8.42 Å². The molecule has 4 nitrogen and oxygen atoms in total. The lowest BCUT2D eigenvalue weighted by Gasteiger charge is -2.10. The molecule has 0 bridgehead atoms. The second kappa shape index (κ2) is 5.83. The summed E-state index contributed by atoms with van der Waals surface area (Å²) < 4.78 is 27.8. The van der Waals surface area contributed by atoms with Crippen molar-refractivity contribution in [2.24, 2.45) is 0 Å². The number of aromatic nitrogens is 1. The number of aryl methyl sites for hydroxylation is 4. The van der Waals surface area contributed by atoms with Crippen LogP contribution in [0.5, 0.6) is 0 Å². The Kier molecular flexibility index (Phi) is 4.18. The zero-order valence-corrected chi connectivity index (χ0v) is 14.8. The Bertz CT molecular complexity index is 805. The third-order valence-electron chi connectivity index (χ3n) is 3.81. The van der Waals surface area contributed by atoms with Crippen LogP contribution in [0.4, 0.5) is 5.13 Å². The highest BCUT2D eigenvalue weighted by molar-refractivity contribution is 7.93. The minimum Gasteiger partial charge on any atom is -0.255 e. The summed E-state index contributed by atoms with van der Waals surface area (Å²) in [6.45, 7) is 3.54. The Hall–Kier alpha value is -1.11. The average Bonchev–Trinajstić information content (AvgIpc) is 2.83. The highest BCUT2D eigenvalue weighted by atomic mass is 35.5. The number of thiazole rings is 1. The predicted molar refractivity (Wildman–Crippen MR) is 90.5 cm³/mol. The van der Waals surface area contributed by atoms with Crippen molar-refractivity contribution < 1.29 is 8.42 Å². The van der Waals surface area contributed by atoms with Crippen LogP contribution in [0.1, 0.15) is 34.5 Å². The summed E-state index contributed by atoms with van der Waals surface area (Å²) in [6, 6.07) is 3.28. The number of hydrogen-bond acceptors (Lipinski definition) is 4. The maximum absolute atomic E-state index is 12.6. The SMILES string of the molecule is Cc1cc(S(=O)(=O)Nc2nc3c(s2)CCCC3)c(C)cc1Cl. The van der Waals surface area contributed by atoms with Gasteiger partial charge in [-0.3, -0.25) is 4.72 Å². The molecule has 22 heavy (non-hydrogen) atoms. The van der Waals surface area contributed by atoms with Crippen LogP contribution in [0.2, 0.25) is 5.02 Å². The van der Waals surface area contributed by atoms with Gasteiger partial charge in [0, 0.05) is 9.90 Å². The molecule has 0 unspecified atom stereocenters. The summed E-state index contributed by atoms with van der Waals surface area (Å²) in [5.41, 5.74) is 2.41. The third kappa shape index (κ3) is 3.00. The molecule has 0 atom stereocenters. The Morgan fingerprint density at radius 3 is 2.64 bits per heavy atom. The lowest BCUT2D eigenvalue weighted by molar-refractivity contribution is 0.600. The molecule has 1 aliphatic rings. The topological polar surface area (TPSA) is 59.1 Å². The highest BCUT2D eigenvalue weighted by Crippen LogP contribution is 2.32. The van der Waals surface area contributed by atoms with Crippen LogP contribution in [0.25, 0.3) is 0 Å². The first-order chi connectivity index (χ1) is 10.4. The number of sulfonamides is 1. The Labute approximate surface area is 139 Å². The van der Waals surface area contributed by atoms with E-state index in [1.165, 1.54) is 16.2 Å². The Balaban J connectivity index is 1.94. The highest BCUT2D eigenvalue weighted by Gasteiger charge is 2.22. The molecule has 0 radical (unpaired) electrons. The molecule has 0 fully saturated rings. The minimum absolute atomic E-state index is 0.252. The van der Waals surface area contributed by atoms with Crippen LogP contribution in [-0.4, -0.2) is 13.4 Å². The number of nitrogens with zero attached hydrogens (tertiary/aromatic N) is 1. The second-order valence-electron chi connectivity index (χ2n) is 5.57. The van der Waals surface area contributed by atoms with E-state index in [1.54, 1.807) is 26.0 Å². The molecule has 0 spiro atoms. The first-order valence-electron chi connectivity index (χ1n) is 7.15. The maximum atomic E-state index is 12.6. The molecule has 0 saturated carbocycles. The van der Waals surface area contributed by atoms with Crippen LogP contribution in [-0.2, 0) is 22.9 Å². The molecule has 0 amide bonds. The first-order valence-corrected chi connectivity index (χ1v) is 9.83. The second-order valence-corrected chi connectivity index (χ2v) is 8.71. The van der Waals surface area contributed by atoms with Crippen molar-refractivity contribution in [2.75, 3.05) is 4.72 Å². The smallest absolute Gasteiger partial charge is 0.255 e. The predicted octanol–water partition coefficient (Wildman–Crippen LogP) is 4.09. The fraction of sp³-hybridized carbons (Fsp3) is 0.400. The van der Waals surface area contributed by atoms with Gasteiger partial charge in [-0.2, -0.15) is 0 Å². The molecule has 118 valence electrons. The van der Waals surface area contributed by atoms with Crippen LogP contribution in [0, 0.1) is 13.8 Å². The number of rotatable bonds is 3. The van der Waals surface area contributed by atoms with Gasteiger partial charge in [-0.25, -0.2) is 13.4 Å². The van der Waals surface area contributed by atoms with Gasteiger partial charge in [0.05, 0.1) is 10.6 Å². The maximum Gasteiger partial charge on any atom is 0.263 e. The molecule has 1 aromatic heterocycles. The van der Waals surface area contributed by atoms with Gasteiger partial charge in [-0.15, -0.1) is 11.3 Å². The molecule has 0 aliphatic heterocycles. The van der Waals surface area contributed by atoms with Gasteiger partial charge in [-0.1, -0.05) is 11.6 Å². The molecule has 0 saturated heterocycles. The molecule has 1 aliphatic carbocycles. The third-order valence-corrected chi connectivity index (χ3v) is 6.90. The van der Waals surface area contributed by atoms with E-state index in [0.29, 0.717) is 15.7 Å². The number of benzene rings is 1. The summed E-state index contributed by atoms with van der Waals surface area (Å²) in [7, 11) is -3.64. The molecule has 1 heterocycles. The molecule has 2 aromatic rings. The van der Waals surface area contributed by atoms with E-state index < -0.39 is 10.0 Å². The van der Waals surface area contributed by atoms with E-state index in [4.69, 9.17) is 11.6 Å². The van der Waals surface area contributed by atoms with E-state index in [0.717, 1.165) is 36.9 Å². The summed E-state index contributed by atoms with van der Waals surface area (Å²) in [5, 5.41) is 1.03. The van der Waals surface area contributed by atoms with E-state index >= 15 is 0 Å². The minimum atomic E-state index is -3.64. The van der Waals surface area contributed by atoms with Crippen molar-refractivity contribution in [2.45, 2.75) is 44.4 Å². The zero-order valence-electron chi connectivity index (χ0n) is 12.4. The lowest BCUT2D eigenvalue weighted by atomic mass is 10.0. The van der Waals surface area contributed by atoms with Crippen molar-refractivity contribution in [1.29, 1.82) is 0 Å². The lowest BCUT2D eigenvalue weighted by Crippen LogP contribution is -2.14. The van der Waals surface area contributed by atoms with Crippen molar-refractivity contribution in [3.05, 3.63) is 38.9 Å². The van der Waals surface area contributed by atoms with Gasteiger partial charge in [0.2, 0.25) is 0 Å². The van der Waals surface area contributed by atoms with Crippen LogP contribution >= 0.6 is 22.9 Å². The number of hydrogen-bond donors (Lipinski definition) is 1. The van der Waals surface area contributed by atoms with Gasteiger partial charge in [0.15, 0.2) is 5.13 Å². The largest absolute Gasteiger partial charge is 0.263 e. The molecule has 1 aromatic carbocycles.